The second-order valence-corrected chi connectivity index (χ2v) is 5.94. The van der Waals surface area contributed by atoms with Gasteiger partial charge in [0.2, 0.25) is 0 Å². The number of rotatable bonds is 1. The molecular formula is C14H15N3OS. The standard InChI is InChI=1S/C14H15N3OS/c1-9-16-7-13(19-9)14(18)17-6-5-10-3-2-4-12(15)11(10)8-17/h2-4,7H,5-6,8,15H2,1H3. The minimum Gasteiger partial charge on any atom is -0.398 e. The van der Waals surface area contributed by atoms with Gasteiger partial charge >= 0.3 is 0 Å². The van der Waals surface area contributed by atoms with Crippen molar-refractivity contribution >= 4 is 22.9 Å². The van der Waals surface area contributed by atoms with Crippen LogP contribution in [0.5, 0.6) is 0 Å². The molecule has 1 aliphatic rings. The van der Waals surface area contributed by atoms with E-state index in [0.717, 1.165) is 29.2 Å². The number of carbonyl (C=O) groups is 1. The van der Waals surface area contributed by atoms with Gasteiger partial charge in [0.15, 0.2) is 0 Å². The third-order valence-corrected chi connectivity index (χ3v) is 4.33. The molecule has 2 aromatic rings. The minimum absolute atomic E-state index is 0.0551. The maximum absolute atomic E-state index is 12.4. The number of aryl methyl sites for hydroxylation is 1. The number of anilines is 1. The van der Waals surface area contributed by atoms with Gasteiger partial charge in [-0.05, 0) is 30.5 Å². The number of carbonyl (C=O) groups excluding carboxylic acids is 1. The van der Waals surface area contributed by atoms with E-state index in [-0.39, 0.29) is 5.91 Å². The van der Waals surface area contributed by atoms with Crippen LogP contribution in [0, 0.1) is 6.92 Å². The number of nitrogens with zero attached hydrogens (tertiary/aromatic N) is 2. The Balaban J connectivity index is 1.86. The van der Waals surface area contributed by atoms with Crippen LogP contribution in [-0.2, 0) is 13.0 Å². The van der Waals surface area contributed by atoms with Crippen LogP contribution in [-0.4, -0.2) is 22.3 Å². The van der Waals surface area contributed by atoms with Crippen molar-refractivity contribution in [3.8, 4) is 0 Å². The average molecular weight is 273 g/mol. The molecule has 2 heterocycles. The molecule has 0 radical (unpaired) electrons. The van der Waals surface area contributed by atoms with Crippen LogP contribution >= 0.6 is 11.3 Å². The average Bonchev–Trinajstić information content (AvgIpc) is 2.85. The van der Waals surface area contributed by atoms with Gasteiger partial charge in [-0.1, -0.05) is 12.1 Å². The van der Waals surface area contributed by atoms with Crippen molar-refractivity contribution < 1.29 is 4.79 Å². The first kappa shape index (κ1) is 12.2. The highest BCUT2D eigenvalue weighted by Crippen LogP contribution is 2.26. The number of benzene rings is 1. The topological polar surface area (TPSA) is 59.2 Å². The quantitative estimate of drug-likeness (QED) is 0.811. The third kappa shape index (κ3) is 2.21. The van der Waals surface area contributed by atoms with Gasteiger partial charge in [-0.15, -0.1) is 11.3 Å². The molecule has 2 N–H and O–H groups in total. The van der Waals surface area contributed by atoms with Crippen LogP contribution in [0.4, 0.5) is 5.69 Å². The molecule has 0 atom stereocenters. The summed E-state index contributed by atoms with van der Waals surface area (Å²) in [6.07, 6.45) is 2.52. The summed E-state index contributed by atoms with van der Waals surface area (Å²) < 4.78 is 0. The molecule has 0 spiro atoms. The van der Waals surface area contributed by atoms with E-state index in [0.29, 0.717) is 11.4 Å². The fraction of sp³-hybridized carbons (Fsp3) is 0.286. The Morgan fingerprint density at radius 2 is 2.32 bits per heavy atom. The largest absolute Gasteiger partial charge is 0.398 e. The van der Waals surface area contributed by atoms with Gasteiger partial charge in [0.05, 0.1) is 11.2 Å². The first-order valence-corrected chi connectivity index (χ1v) is 7.05. The van der Waals surface area contributed by atoms with Crippen molar-refractivity contribution in [1.82, 2.24) is 9.88 Å². The molecule has 0 saturated carbocycles. The smallest absolute Gasteiger partial charge is 0.265 e. The van der Waals surface area contributed by atoms with Crippen molar-refractivity contribution in [1.29, 1.82) is 0 Å². The minimum atomic E-state index is 0.0551. The summed E-state index contributed by atoms with van der Waals surface area (Å²) in [4.78, 5) is 19.1. The van der Waals surface area contributed by atoms with Gasteiger partial charge in [0, 0.05) is 18.8 Å². The van der Waals surface area contributed by atoms with Gasteiger partial charge < -0.3 is 10.6 Å². The number of nitrogens with two attached hydrogens (primary N) is 1. The highest BCUT2D eigenvalue weighted by atomic mass is 32.1. The predicted molar refractivity (Wildman–Crippen MR) is 76.1 cm³/mol. The number of amides is 1. The highest BCUT2D eigenvalue weighted by Gasteiger charge is 2.24. The first-order chi connectivity index (χ1) is 9.15. The number of thiazole rings is 1. The number of aromatic nitrogens is 1. The zero-order chi connectivity index (χ0) is 13.4. The molecule has 0 aliphatic carbocycles. The van der Waals surface area contributed by atoms with E-state index < -0.39 is 0 Å². The van der Waals surface area contributed by atoms with Gasteiger partial charge in [0.25, 0.3) is 5.91 Å². The molecule has 1 aromatic carbocycles. The zero-order valence-corrected chi connectivity index (χ0v) is 11.5. The van der Waals surface area contributed by atoms with E-state index in [1.165, 1.54) is 16.9 Å². The Morgan fingerprint density at radius 3 is 3.05 bits per heavy atom. The molecule has 1 aromatic heterocycles. The summed E-state index contributed by atoms with van der Waals surface area (Å²) in [6.45, 7) is 3.25. The van der Waals surface area contributed by atoms with E-state index in [1.807, 2.05) is 24.0 Å². The van der Waals surface area contributed by atoms with Crippen molar-refractivity contribution in [2.24, 2.45) is 0 Å². The number of hydrogen-bond donors (Lipinski definition) is 1. The molecule has 4 nitrogen and oxygen atoms in total. The van der Waals surface area contributed by atoms with Crippen LogP contribution in [0.3, 0.4) is 0 Å². The molecule has 0 unspecified atom stereocenters. The van der Waals surface area contributed by atoms with Crippen LogP contribution in [0.25, 0.3) is 0 Å². The molecule has 19 heavy (non-hydrogen) atoms. The molecule has 5 heteroatoms. The van der Waals surface area contributed by atoms with E-state index in [4.69, 9.17) is 5.73 Å². The molecular weight excluding hydrogens is 258 g/mol. The lowest BCUT2D eigenvalue weighted by molar-refractivity contribution is 0.0740. The molecule has 0 bridgehead atoms. The Bertz CT molecular complexity index is 635. The Morgan fingerprint density at radius 1 is 1.47 bits per heavy atom. The van der Waals surface area contributed by atoms with E-state index >= 15 is 0 Å². The first-order valence-electron chi connectivity index (χ1n) is 6.23. The molecule has 3 rings (SSSR count). The fourth-order valence-electron chi connectivity index (χ4n) is 2.40. The van der Waals surface area contributed by atoms with Crippen molar-refractivity contribution in [3.63, 3.8) is 0 Å². The Labute approximate surface area is 115 Å². The lowest BCUT2D eigenvalue weighted by Gasteiger charge is -2.29. The van der Waals surface area contributed by atoms with E-state index in [1.54, 1.807) is 6.20 Å². The van der Waals surface area contributed by atoms with Gasteiger partial charge in [-0.25, -0.2) is 4.98 Å². The maximum atomic E-state index is 12.4. The molecule has 0 saturated heterocycles. The molecule has 1 amide bonds. The van der Waals surface area contributed by atoms with Crippen LogP contribution in [0.2, 0.25) is 0 Å². The van der Waals surface area contributed by atoms with Crippen molar-refractivity contribution in [3.05, 3.63) is 45.4 Å². The van der Waals surface area contributed by atoms with Gasteiger partial charge in [0.1, 0.15) is 4.88 Å². The second-order valence-electron chi connectivity index (χ2n) is 4.71. The lowest BCUT2D eigenvalue weighted by Crippen LogP contribution is -2.35. The lowest BCUT2D eigenvalue weighted by atomic mass is 9.98. The number of nitrogen functional groups attached to an aromatic ring is 1. The van der Waals surface area contributed by atoms with Crippen LogP contribution < -0.4 is 5.73 Å². The SMILES string of the molecule is Cc1ncc(C(=O)N2CCc3cccc(N)c3C2)s1. The second kappa shape index (κ2) is 4.66. The monoisotopic (exact) mass is 273 g/mol. The summed E-state index contributed by atoms with van der Waals surface area (Å²) in [6, 6.07) is 5.95. The van der Waals surface area contributed by atoms with E-state index in [9.17, 15) is 4.79 Å². The number of fused-ring (bicyclic) bond motifs is 1. The Hall–Kier alpha value is -1.88. The molecule has 98 valence electrons. The Kier molecular flexibility index (Phi) is 2.98. The fourth-order valence-corrected chi connectivity index (χ4v) is 3.14. The summed E-state index contributed by atoms with van der Waals surface area (Å²) in [7, 11) is 0. The summed E-state index contributed by atoms with van der Waals surface area (Å²) in [5.74, 6) is 0.0551. The van der Waals surface area contributed by atoms with Gasteiger partial charge in [-0.3, -0.25) is 4.79 Å². The maximum Gasteiger partial charge on any atom is 0.265 e. The van der Waals surface area contributed by atoms with Crippen LogP contribution in [0.1, 0.15) is 25.8 Å². The molecule has 0 fully saturated rings. The summed E-state index contributed by atoms with van der Waals surface area (Å²) in [5.41, 5.74) is 9.11. The van der Waals surface area contributed by atoms with Crippen molar-refractivity contribution in [2.45, 2.75) is 19.9 Å². The van der Waals surface area contributed by atoms with Gasteiger partial charge in [-0.2, -0.15) is 0 Å². The third-order valence-electron chi connectivity index (χ3n) is 3.43. The highest BCUT2D eigenvalue weighted by molar-refractivity contribution is 7.13. The zero-order valence-electron chi connectivity index (χ0n) is 10.7. The number of hydrogen-bond acceptors (Lipinski definition) is 4. The predicted octanol–water partition coefficient (Wildman–Crippen LogP) is 2.23. The van der Waals surface area contributed by atoms with E-state index in [2.05, 4.69) is 11.1 Å². The summed E-state index contributed by atoms with van der Waals surface area (Å²) >= 11 is 1.44. The normalized spacial score (nSPS) is 14.3. The molecule has 1 aliphatic heterocycles. The van der Waals surface area contributed by atoms with Crippen LogP contribution in [0.15, 0.2) is 24.4 Å². The van der Waals surface area contributed by atoms with Crippen molar-refractivity contribution in [2.75, 3.05) is 12.3 Å². The summed E-state index contributed by atoms with van der Waals surface area (Å²) in [5, 5.41) is 0.917.